The highest BCUT2D eigenvalue weighted by Gasteiger charge is 2.25. The van der Waals surface area contributed by atoms with Gasteiger partial charge in [0.25, 0.3) is 0 Å². The molecule has 2 N–H and O–H groups in total. The van der Waals surface area contributed by atoms with Gasteiger partial charge in [0.2, 0.25) is 6.35 Å². The molecule has 11 heavy (non-hydrogen) atoms. The third kappa shape index (κ3) is 1.70. The number of rotatable bonds is 1. The Labute approximate surface area is 66.9 Å². The molecule has 2 fully saturated rings. The van der Waals surface area contributed by atoms with Crippen molar-refractivity contribution >= 4 is 0 Å². The highest BCUT2D eigenvalue weighted by atomic mass is 16.5. The van der Waals surface area contributed by atoms with Crippen LogP contribution in [0.2, 0.25) is 0 Å². The topological polar surface area (TPSA) is 36.5 Å². The first-order chi connectivity index (χ1) is 5.47. The standard InChI is InChI=1S/C7H14N3O/c1-4-10(5-2-8-1)7-9-3-6-11-7/h8-9H,1-6H2. The van der Waals surface area contributed by atoms with Gasteiger partial charge in [0.05, 0.1) is 6.61 Å². The summed E-state index contributed by atoms with van der Waals surface area (Å²) in [6.07, 6.45) is 0.978. The highest BCUT2D eigenvalue weighted by Crippen LogP contribution is 2.10. The second-order valence-electron chi connectivity index (χ2n) is 2.82. The fourth-order valence-electron chi connectivity index (χ4n) is 1.43. The van der Waals surface area contributed by atoms with E-state index in [1.165, 1.54) is 0 Å². The summed E-state index contributed by atoms with van der Waals surface area (Å²) in [5.74, 6) is 0. The van der Waals surface area contributed by atoms with Gasteiger partial charge in [-0.25, -0.2) is 0 Å². The fraction of sp³-hybridized carbons (Fsp3) is 0.857. The van der Waals surface area contributed by atoms with Crippen molar-refractivity contribution < 1.29 is 4.74 Å². The molecule has 1 radical (unpaired) electrons. The Morgan fingerprint density at radius 3 is 2.64 bits per heavy atom. The Morgan fingerprint density at radius 2 is 2.00 bits per heavy atom. The molecule has 0 saturated carbocycles. The van der Waals surface area contributed by atoms with E-state index in [0.717, 1.165) is 45.7 Å². The van der Waals surface area contributed by atoms with Crippen molar-refractivity contribution in [1.82, 2.24) is 15.5 Å². The van der Waals surface area contributed by atoms with Crippen LogP contribution in [0.4, 0.5) is 0 Å². The molecule has 0 aromatic heterocycles. The number of nitrogens with zero attached hydrogens (tertiary/aromatic N) is 1. The minimum Gasteiger partial charge on any atom is -0.341 e. The zero-order valence-corrected chi connectivity index (χ0v) is 6.60. The highest BCUT2D eigenvalue weighted by molar-refractivity contribution is 4.84. The summed E-state index contributed by atoms with van der Waals surface area (Å²) < 4.78 is 5.40. The number of hydrogen-bond acceptors (Lipinski definition) is 4. The molecule has 0 bridgehead atoms. The fourth-order valence-corrected chi connectivity index (χ4v) is 1.43. The molecule has 2 saturated heterocycles. The lowest BCUT2D eigenvalue weighted by atomic mass is 10.4. The normalized spacial score (nSPS) is 29.5. The van der Waals surface area contributed by atoms with Crippen LogP contribution >= 0.6 is 0 Å². The lowest BCUT2D eigenvalue weighted by molar-refractivity contribution is 0.0575. The smallest absolute Gasteiger partial charge is 0.237 e. The average Bonchev–Trinajstić information content (AvgIpc) is 2.58. The van der Waals surface area contributed by atoms with Crippen LogP contribution in [0.5, 0.6) is 0 Å². The van der Waals surface area contributed by atoms with Crippen LogP contribution in [0.25, 0.3) is 0 Å². The number of piperazine rings is 1. The van der Waals surface area contributed by atoms with Crippen molar-refractivity contribution in [2.75, 3.05) is 39.3 Å². The van der Waals surface area contributed by atoms with Gasteiger partial charge in [-0.05, 0) is 0 Å². The SMILES string of the molecule is C1CN([C]2NCCO2)CCN1. The van der Waals surface area contributed by atoms with E-state index in [-0.39, 0.29) is 0 Å². The van der Waals surface area contributed by atoms with Crippen molar-refractivity contribution in [1.29, 1.82) is 0 Å². The Kier molecular flexibility index (Phi) is 2.38. The quantitative estimate of drug-likeness (QED) is 0.508. The molecular formula is C7H14N3O. The molecule has 0 aromatic carbocycles. The van der Waals surface area contributed by atoms with Gasteiger partial charge < -0.3 is 10.1 Å². The predicted octanol–water partition coefficient (Wildman–Crippen LogP) is -1.04. The zero-order chi connectivity index (χ0) is 7.52. The van der Waals surface area contributed by atoms with E-state index >= 15 is 0 Å². The maximum atomic E-state index is 5.40. The van der Waals surface area contributed by atoms with Gasteiger partial charge in [-0.3, -0.25) is 10.2 Å². The minimum absolute atomic E-state index is 0.819. The van der Waals surface area contributed by atoms with Gasteiger partial charge in [0.1, 0.15) is 0 Å². The van der Waals surface area contributed by atoms with Crippen LogP contribution in [0.15, 0.2) is 0 Å². The van der Waals surface area contributed by atoms with Crippen LogP contribution in [-0.4, -0.2) is 44.2 Å². The molecule has 63 valence electrons. The third-order valence-electron chi connectivity index (χ3n) is 2.02. The molecule has 2 rings (SSSR count). The summed E-state index contributed by atoms with van der Waals surface area (Å²) in [6.45, 7) is 6.02. The molecule has 4 heteroatoms. The maximum absolute atomic E-state index is 5.40. The summed E-state index contributed by atoms with van der Waals surface area (Å²) in [7, 11) is 0. The van der Waals surface area contributed by atoms with Gasteiger partial charge >= 0.3 is 0 Å². The van der Waals surface area contributed by atoms with Crippen molar-refractivity contribution in [2.45, 2.75) is 0 Å². The van der Waals surface area contributed by atoms with E-state index in [0.29, 0.717) is 0 Å². The number of ether oxygens (including phenoxy) is 1. The molecule has 0 amide bonds. The molecule has 0 unspecified atom stereocenters. The van der Waals surface area contributed by atoms with E-state index in [9.17, 15) is 0 Å². The molecule has 0 atom stereocenters. The van der Waals surface area contributed by atoms with Crippen LogP contribution in [0.1, 0.15) is 0 Å². The van der Waals surface area contributed by atoms with Crippen molar-refractivity contribution in [3.05, 3.63) is 6.35 Å². The lowest BCUT2D eigenvalue weighted by Crippen LogP contribution is -2.47. The number of nitrogens with one attached hydrogen (secondary N) is 2. The second-order valence-corrected chi connectivity index (χ2v) is 2.82. The third-order valence-corrected chi connectivity index (χ3v) is 2.02. The Hall–Kier alpha value is -0.160. The molecule has 0 aliphatic carbocycles. The Morgan fingerprint density at radius 1 is 1.18 bits per heavy atom. The first kappa shape index (κ1) is 7.49. The molecule has 0 spiro atoms. The van der Waals surface area contributed by atoms with Crippen LogP contribution in [0, 0.1) is 6.35 Å². The van der Waals surface area contributed by atoms with Crippen molar-refractivity contribution in [2.24, 2.45) is 0 Å². The molecule has 2 aliphatic heterocycles. The average molecular weight is 156 g/mol. The number of hydrogen-bond donors (Lipinski definition) is 2. The Balaban J connectivity index is 1.82. The lowest BCUT2D eigenvalue weighted by Gasteiger charge is -2.29. The van der Waals surface area contributed by atoms with E-state index in [4.69, 9.17) is 4.74 Å². The van der Waals surface area contributed by atoms with Crippen molar-refractivity contribution in [3.8, 4) is 0 Å². The minimum atomic E-state index is 0.819. The molecular weight excluding hydrogens is 142 g/mol. The summed E-state index contributed by atoms with van der Waals surface area (Å²) >= 11 is 0. The summed E-state index contributed by atoms with van der Waals surface area (Å²) in [6, 6.07) is 0. The van der Waals surface area contributed by atoms with E-state index in [1.807, 2.05) is 0 Å². The second kappa shape index (κ2) is 3.49. The molecule has 2 aliphatic rings. The van der Waals surface area contributed by atoms with E-state index < -0.39 is 0 Å². The van der Waals surface area contributed by atoms with Crippen LogP contribution in [0.3, 0.4) is 0 Å². The van der Waals surface area contributed by atoms with Crippen molar-refractivity contribution in [3.63, 3.8) is 0 Å². The molecule has 2 heterocycles. The predicted molar refractivity (Wildman–Crippen MR) is 41.6 cm³/mol. The van der Waals surface area contributed by atoms with E-state index in [2.05, 4.69) is 15.5 Å². The molecule has 0 aromatic rings. The van der Waals surface area contributed by atoms with Gasteiger partial charge in [-0.2, -0.15) is 0 Å². The summed E-state index contributed by atoms with van der Waals surface area (Å²) in [4.78, 5) is 2.25. The van der Waals surface area contributed by atoms with Gasteiger partial charge in [-0.1, -0.05) is 0 Å². The van der Waals surface area contributed by atoms with E-state index in [1.54, 1.807) is 0 Å². The van der Waals surface area contributed by atoms with Gasteiger partial charge in [0, 0.05) is 32.7 Å². The largest absolute Gasteiger partial charge is 0.341 e. The Bertz CT molecular complexity index is 119. The first-order valence-electron chi connectivity index (χ1n) is 4.16. The maximum Gasteiger partial charge on any atom is 0.237 e. The van der Waals surface area contributed by atoms with Gasteiger partial charge in [-0.15, -0.1) is 0 Å². The molecule has 4 nitrogen and oxygen atoms in total. The summed E-state index contributed by atoms with van der Waals surface area (Å²) in [5, 5.41) is 6.52. The van der Waals surface area contributed by atoms with Crippen LogP contribution < -0.4 is 10.6 Å². The summed E-state index contributed by atoms with van der Waals surface area (Å²) in [5.41, 5.74) is 0. The first-order valence-corrected chi connectivity index (χ1v) is 4.16. The van der Waals surface area contributed by atoms with Crippen LogP contribution in [-0.2, 0) is 4.74 Å². The monoisotopic (exact) mass is 156 g/mol. The zero-order valence-electron chi connectivity index (χ0n) is 6.60. The van der Waals surface area contributed by atoms with Gasteiger partial charge in [0.15, 0.2) is 0 Å².